The molecule has 0 fully saturated rings. The number of hydrogen-bond donors (Lipinski definition) is 2. The van der Waals surface area contributed by atoms with Gasteiger partial charge in [-0.3, -0.25) is 5.84 Å². The highest BCUT2D eigenvalue weighted by molar-refractivity contribution is 6.33. The van der Waals surface area contributed by atoms with E-state index >= 15 is 0 Å². The van der Waals surface area contributed by atoms with Gasteiger partial charge in [-0.25, -0.2) is 9.82 Å². The number of benzene rings is 2. The summed E-state index contributed by atoms with van der Waals surface area (Å²) in [5, 5.41) is 1.00. The van der Waals surface area contributed by atoms with Crippen molar-refractivity contribution in [3.05, 3.63) is 69.0 Å². The normalized spacial score (nSPS) is 12.5. The van der Waals surface area contributed by atoms with Crippen molar-refractivity contribution in [2.24, 2.45) is 5.84 Å². The lowest BCUT2D eigenvalue weighted by Crippen LogP contribution is -2.29. The van der Waals surface area contributed by atoms with Crippen molar-refractivity contribution in [3.63, 3.8) is 0 Å². The summed E-state index contributed by atoms with van der Waals surface area (Å²) in [6, 6.07) is 9.31. The van der Waals surface area contributed by atoms with Gasteiger partial charge in [0.05, 0.1) is 6.04 Å². The Balaban J connectivity index is 2.55. The van der Waals surface area contributed by atoms with Gasteiger partial charge < -0.3 is 0 Å². The maximum atomic E-state index is 14.0. The van der Waals surface area contributed by atoms with Gasteiger partial charge in [-0.1, -0.05) is 40.9 Å². The molecule has 3 N–H and O–H groups in total. The molecule has 1 unspecified atom stereocenters. The molecule has 2 aromatic carbocycles. The Morgan fingerprint density at radius 3 is 2.53 bits per heavy atom. The third-order valence-corrected chi connectivity index (χ3v) is 3.48. The number of hydrazine groups is 1. The summed E-state index contributed by atoms with van der Waals surface area (Å²) in [7, 11) is 0. The Bertz CT molecular complexity index is 550. The minimum absolute atomic E-state index is 0.343. The van der Waals surface area contributed by atoms with Crippen molar-refractivity contribution in [2.75, 3.05) is 0 Å². The van der Waals surface area contributed by atoms with Crippen LogP contribution in [0.25, 0.3) is 0 Å². The van der Waals surface area contributed by atoms with Crippen molar-refractivity contribution in [2.45, 2.75) is 13.0 Å². The maximum absolute atomic E-state index is 14.0. The van der Waals surface area contributed by atoms with Crippen LogP contribution in [0, 0.1) is 12.7 Å². The number of nitrogens with two attached hydrogens (primary N) is 1. The quantitative estimate of drug-likeness (QED) is 0.664. The van der Waals surface area contributed by atoms with Crippen LogP contribution in [0.5, 0.6) is 0 Å². The van der Waals surface area contributed by atoms with Gasteiger partial charge in [-0.05, 0) is 36.8 Å². The van der Waals surface area contributed by atoms with Crippen LogP contribution in [0.15, 0.2) is 36.4 Å². The molecule has 0 aliphatic rings. The second kappa shape index (κ2) is 5.88. The van der Waals surface area contributed by atoms with Crippen molar-refractivity contribution in [1.82, 2.24) is 5.43 Å². The summed E-state index contributed by atoms with van der Waals surface area (Å²) in [6.45, 7) is 1.89. The molecule has 2 nitrogen and oxygen atoms in total. The third kappa shape index (κ3) is 3.07. The van der Waals surface area contributed by atoms with Crippen molar-refractivity contribution < 1.29 is 4.39 Å². The molecule has 100 valence electrons. The Labute approximate surface area is 121 Å². The second-order valence-corrected chi connectivity index (χ2v) is 5.13. The van der Waals surface area contributed by atoms with E-state index in [0.717, 1.165) is 5.56 Å². The average molecular weight is 299 g/mol. The van der Waals surface area contributed by atoms with E-state index in [9.17, 15) is 4.39 Å². The summed E-state index contributed by atoms with van der Waals surface area (Å²) in [4.78, 5) is 0. The van der Waals surface area contributed by atoms with Crippen LogP contribution in [0.2, 0.25) is 10.0 Å². The zero-order valence-electron chi connectivity index (χ0n) is 10.3. The molecule has 0 saturated heterocycles. The Morgan fingerprint density at radius 2 is 1.84 bits per heavy atom. The van der Waals surface area contributed by atoms with E-state index in [1.54, 1.807) is 30.3 Å². The molecule has 0 saturated carbocycles. The summed E-state index contributed by atoms with van der Waals surface area (Å²) in [6.07, 6.45) is 0. The Hall–Kier alpha value is -1.13. The van der Waals surface area contributed by atoms with E-state index in [2.05, 4.69) is 5.43 Å². The molecule has 0 bridgehead atoms. The molecule has 0 amide bonds. The van der Waals surface area contributed by atoms with Gasteiger partial charge in [0.2, 0.25) is 0 Å². The monoisotopic (exact) mass is 298 g/mol. The van der Waals surface area contributed by atoms with E-state index in [1.165, 1.54) is 6.07 Å². The molecule has 2 rings (SSSR count). The first kappa shape index (κ1) is 14.3. The average Bonchev–Trinajstić information content (AvgIpc) is 2.38. The van der Waals surface area contributed by atoms with Crippen molar-refractivity contribution in [1.29, 1.82) is 0 Å². The lowest BCUT2D eigenvalue weighted by molar-refractivity contribution is 0.559. The number of hydrogen-bond acceptors (Lipinski definition) is 2. The van der Waals surface area contributed by atoms with Crippen molar-refractivity contribution in [3.8, 4) is 0 Å². The van der Waals surface area contributed by atoms with Crippen LogP contribution in [0.3, 0.4) is 0 Å². The number of halogens is 3. The fourth-order valence-corrected chi connectivity index (χ4v) is 2.37. The summed E-state index contributed by atoms with van der Waals surface area (Å²) >= 11 is 12.1. The first-order valence-corrected chi connectivity index (χ1v) is 6.45. The van der Waals surface area contributed by atoms with Gasteiger partial charge in [-0.15, -0.1) is 0 Å². The fraction of sp³-hybridized carbons (Fsp3) is 0.143. The molecular weight excluding hydrogens is 286 g/mol. The predicted molar refractivity (Wildman–Crippen MR) is 76.8 cm³/mol. The fourth-order valence-electron chi connectivity index (χ4n) is 1.97. The first-order chi connectivity index (χ1) is 9.02. The Kier molecular flexibility index (Phi) is 4.42. The highest BCUT2D eigenvalue weighted by atomic mass is 35.5. The minimum Gasteiger partial charge on any atom is -0.271 e. The zero-order chi connectivity index (χ0) is 14.0. The standard InChI is InChI=1S/C14H13Cl2FN2/c1-8-2-5-13(17)11(6-8)14(19-18)10-7-9(15)3-4-12(10)16/h2-7,14,19H,18H2,1H3. The molecule has 19 heavy (non-hydrogen) atoms. The molecule has 0 aromatic heterocycles. The molecular formula is C14H13Cl2FN2. The zero-order valence-corrected chi connectivity index (χ0v) is 11.8. The van der Waals surface area contributed by atoms with Gasteiger partial charge in [0.1, 0.15) is 5.82 Å². The van der Waals surface area contributed by atoms with Crippen molar-refractivity contribution >= 4 is 23.2 Å². The van der Waals surface area contributed by atoms with Gasteiger partial charge in [0, 0.05) is 15.6 Å². The lowest BCUT2D eigenvalue weighted by Gasteiger charge is -2.19. The molecule has 0 aliphatic carbocycles. The smallest absolute Gasteiger partial charge is 0.128 e. The molecule has 0 spiro atoms. The SMILES string of the molecule is Cc1ccc(F)c(C(NN)c2cc(Cl)ccc2Cl)c1. The molecule has 0 aliphatic heterocycles. The number of rotatable bonds is 3. The summed E-state index contributed by atoms with van der Waals surface area (Å²) in [5.74, 6) is 5.21. The molecule has 0 radical (unpaired) electrons. The maximum Gasteiger partial charge on any atom is 0.128 e. The van der Waals surface area contributed by atoms with Crippen LogP contribution >= 0.6 is 23.2 Å². The van der Waals surface area contributed by atoms with Gasteiger partial charge in [0.15, 0.2) is 0 Å². The van der Waals surface area contributed by atoms with Crippen LogP contribution in [0.4, 0.5) is 4.39 Å². The summed E-state index contributed by atoms with van der Waals surface area (Å²) in [5.41, 5.74) is 4.60. The highest BCUT2D eigenvalue weighted by Gasteiger charge is 2.19. The minimum atomic E-state index is -0.550. The van der Waals surface area contributed by atoms with Crippen LogP contribution in [0.1, 0.15) is 22.7 Å². The number of aryl methyl sites for hydroxylation is 1. The highest BCUT2D eigenvalue weighted by Crippen LogP contribution is 2.31. The lowest BCUT2D eigenvalue weighted by atomic mass is 9.97. The molecule has 0 heterocycles. The largest absolute Gasteiger partial charge is 0.271 e. The van der Waals surface area contributed by atoms with E-state index in [0.29, 0.717) is 21.2 Å². The van der Waals surface area contributed by atoms with Crippen LogP contribution < -0.4 is 11.3 Å². The first-order valence-electron chi connectivity index (χ1n) is 5.70. The van der Waals surface area contributed by atoms with Gasteiger partial charge in [0.25, 0.3) is 0 Å². The predicted octanol–water partition coefficient (Wildman–Crippen LogP) is 3.99. The Morgan fingerprint density at radius 1 is 1.11 bits per heavy atom. The molecule has 5 heteroatoms. The van der Waals surface area contributed by atoms with E-state index in [4.69, 9.17) is 29.0 Å². The van der Waals surface area contributed by atoms with Gasteiger partial charge >= 0.3 is 0 Å². The van der Waals surface area contributed by atoms with E-state index in [-0.39, 0.29) is 5.82 Å². The van der Waals surface area contributed by atoms with Gasteiger partial charge in [-0.2, -0.15) is 0 Å². The second-order valence-electron chi connectivity index (χ2n) is 4.29. The van der Waals surface area contributed by atoms with E-state index in [1.807, 2.05) is 6.92 Å². The third-order valence-electron chi connectivity index (χ3n) is 2.90. The molecule has 2 aromatic rings. The van der Waals surface area contributed by atoms with Crippen LogP contribution in [-0.2, 0) is 0 Å². The van der Waals surface area contributed by atoms with Crippen LogP contribution in [-0.4, -0.2) is 0 Å². The van der Waals surface area contributed by atoms with E-state index < -0.39 is 6.04 Å². The topological polar surface area (TPSA) is 38.0 Å². The molecule has 1 atom stereocenters. The summed E-state index contributed by atoms with van der Waals surface area (Å²) < 4.78 is 14.0. The number of nitrogens with one attached hydrogen (secondary N) is 1.